The Bertz CT molecular complexity index is 2310. The first kappa shape index (κ1) is 26.7. The molecule has 4 nitrogen and oxygen atoms in total. The van der Waals surface area contributed by atoms with Gasteiger partial charge in [0.25, 0.3) is 0 Å². The number of nitrogens with zero attached hydrogens (tertiary/aromatic N) is 4. The van der Waals surface area contributed by atoms with Crippen LogP contribution in [0.2, 0.25) is 0 Å². The van der Waals surface area contributed by atoms with Gasteiger partial charge in [-0.15, -0.1) is 0 Å². The number of rotatable bonds is 4. The first-order chi connectivity index (χ1) is 22.0. The van der Waals surface area contributed by atoms with Crippen molar-refractivity contribution in [1.82, 2.24) is 15.0 Å². The molecule has 0 radical (unpaired) electrons. The van der Waals surface area contributed by atoms with E-state index in [1.165, 1.54) is 22.1 Å². The summed E-state index contributed by atoms with van der Waals surface area (Å²) in [6.45, 7) is 12.1. The highest BCUT2D eigenvalue weighted by molar-refractivity contribution is 5.89. The molecular formula is C41H28N4. The van der Waals surface area contributed by atoms with Gasteiger partial charge in [-0.3, -0.25) is 0 Å². The quantitative estimate of drug-likeness (QED) is 0.196. The first-order valence-corrected chi connectivity index (χ1v) is 15.1. The monoisotopic (exact) mass is 576 g/mol. The van der Waals surface area contributed by atoms with Crippen LogP contribution >= 0.6 is 0 Å². The van der Waals surface area contributed by atoms with Gasteiger partial charge in [-0.25, -0.2) is 19.8 Å². The van der Waals surface area contributed by atoms with Gasteiger partial charge in [0.2, 0.25) is 0 Å². The normalized spacial score (nSPS) is 12.8. The number of benzene rings is 6. The zero-order chi connectivity index (χ0) is 30.5. The molecule has 0 unspecified atom stereocenters. The topological polar surface area (TPSA) is 43.0 Å². The predicted molar refractivity (Wildman–Crippen MR) is 183 cm³/mol. The largest absolute Gasteiger partial charge is 0.238 e. The van der Waals surface area contributed by atoms with Crippen LogP contribution in [0.1, 0.15) is 25.0 Å². The molecule has 0 aliphatic heterocycles. The lowest BCUT2D eigenvalue weighted by atomic mass is 9.81. The summed E-state index contributed by atoms with van der Waals surface area (Å²) in [6, 6.07) is 45.9. The number of hydrogen-bond acceptors (Lipinski definition) is 3. The molecule has 0 amide bonds. The van der Waals surface area contributed by atoms with Crippen molar-refractivity contribution in [1.29, 1.82) is 0 Å². The standard InChI is InChI=1S/C41H28N4/c1-41(2)36-22-20-31(42-3)25-35(36)33-21-19-29(24-37(33)41)32-15-9-10-16-34(32)40-44-38(27-12-5-4-6-13-27)43-39(45-40)30-18-17-26-11-7-8-14-28(26)23-30/h4-25H,1-2H3. The van der Waals surface area contributed by atoms with E-state index in [1.54, 1.807) is 0 Å². The van der Waals surface area contributed by atoms with E-state index < -0.39 is 0 Å². The van der Waals surface area contributed by atoms with Gasteiger partial charge in [0.15, 0.2) is 23.2 Å². The lowest BCUT2D eigenvalue weighted by Crippen LogP contribution is -2.14. The SMILES string of the molecule is [C-]#[N+]c1ccc2c(c1)-c1ccc(-c3ccccc3-c3nc(-c4ccccc4)nc(-c4ccc5ccccc5c4)n3)cc1C2(C)C. The van der Waals surface area contributed by atoms with Gasteiger partial charge >= 0.3 is 0 Å². The fourth-order valence-corrected chi connectivity index (χ4v) is 6.58. The maximum absolute atomic E-state index is 7.53. The Kier molecular flexibility index (Phi) is 6.15. The third kappa shape index (κ3) is 4.49. The van der Waals surface area contributed by atoms with Crippen LogP contribution < -0.4 is 0 Å². The van der Waals surface area contributed by atoms with Gasteiger partial charge in [-0.2, -0.15) is 0 Å². The summed E-state index contributed by atoms with van der Waals surface area (Å²) >= 11 is 0. The van der Waals surface area contributed by atoms with E-state index in [-0.39, 0.29) is 5.41 Å². The number of aromatic nitrogens is 3. The summed E-state index contributed by atoms with van der Waals surface area (Å²) in [4.78, 5) is 18.8. The van der Waals surface area contributed by atoms with Crippen LogP contribution in [-0.2, 0) is 5.41 Å². The van der Waals surface area contributed by atoms with Crippen LogP contribution in [0.3, 0.4) is 0 Å². The summed E-state index contributed by atoms with van der Waals surface area (Å²) < 4.78 is 0. The summed E-state index contributed by atoms with van der Waals surface area (Å²) in [5, 5.41) is 2.32. The molecule has 6 aromatic carbocycles. The zero-order valence-corrected chi connectivity index (χ0v) is 25.0. The molecule has 0 N–H and O–H groups in total. The minimum absolute atomic E-state index is 0.187. The van der Waals surface area contributed by atoms with Crippen molar-refractivity contribution in [3.05, 3.63) is 156 Å². The van der Waals surface area contributed by atoms with Crippen molar-refractivity contribution in [2.24, 2.45) is 0 Å². The molecule has 45 heavy (non-hydrogen) atoms. The van der Waals surface area contributed by atoms with Crippen LogP contribution in [0.5, 0.6) is 0 Å². The summed E-state index contributed by atoms with van der Waals surface area (Å²) in [5.74, 6) is 1.91. The van der Waals surface area contributed by atoms with Gasteiger partial charge in [0.1, 0.15) is 0 Å². The lowest BCUT2D eigenvalue weighted by Gasteiger charge is -2.22. The Morgan fingerprint density at radius 2 is 1.13 bits per heavy atom. The van der Waals surface area contributed by atoms with Crippen molar-refractivity contribution < 1.29 is 0 Å². The van der Waals surface area contributed by atoms with E-state index in [0.717, 1.165) is 38.8 Å². The lowest BCUT2D eigenvalue weighted by molar-refractivity contribution is 0.661. The zero-order valence-electron chi connectivity index (χ0n) is 25.0. The van der Waals surface area contributed by atoms with Gasteiger partial charge in [-0.1, -0.05) is 129 Å². The fourth-order valence-electron chi connectivity index (χ4n) is 6.58. The van der Waals surface area contributed by atoms with Crippen molar-refractivity contribution in [2.75, 3.05) is 0 Å². The third-order valence-electron chi connectivity index (χ3n) is 8.94. The molecule has 212 valence electrons. The highest BCUT2D eigenvalue weighted by Crippen LogP contribution is 2.51. The van der Waals surface area contributed by atoms with Crippen LogP contribution in [0.4, 0.5) is 5.69 Å². The Hall–Kier alpha value is -5.92. The molecule has 0 fully saturated rings. The van der Waals surface area contributed by atoms with Crippen molar-refractivity contribution >= 4 is 16.5 Å². The molecule has 4 heteroatoms. The van der Waals surface area contributed by atoms with E-state index >= 15 is 0 Å². The second kappa shape index (κ2) is 10.4. The minimum atomic E-state index is -0.187. The Morgan fingerprint density at radius 3 is 1.93 bits per heavy atom. The molecule has 1 aliphatic carbocycles. The average molecular weight is 577 g/mol. The first-order valence-electron chi connectivity index (χ1n) is 15.1. The van der Waals surface area contributed by atoms with Crippen molar-refractivity contribution in [3.8, 4) is 56.4 Å². The molecule has 1 aromatic heterocycles. The Labute approximate surface area is 262 Å². The fraction of sp³-hybridized carbons (Fsp3) is 0.0732. The molecule has 7 aromatic rings. The van der Waals surface area contributed by atoms with Crippen LogP contribution in [0.25, 0.3) is 72.0 Å². The number of fused-ring (bicyclic) bond motifs is 4. The second-order valence-electron chi connectivity index (χ2n) is 12.0. The molecule has 8 rings (SSSR count). The second-order valence-corrected chi connectivity index (χ2v) is 12.0. The van der Waals surface area contributed by atoms with Crippen molar-refractivity contribution in [2.45, 2.75) is 19.3 Å². The van der Waals surface area contributed by atoms with Gasteiger partial charge < -0.3 is 0 Å². The average Bonchev–Trinajstić information content (AvgIpc) is 3.33. The Morgan fingerprint density at radius 1 is 0.467 bits per heavy atom. The Balaban J connectivity index is 1.30. The highest BCUT2D eigenvalue weighted by atomic mass is 15.0. The van der Waals surface area contributed by atoms with Gasteiger partial charge in [-0.05, 0) is 62.4 Å². The minimum Gasteiger partial charge on any atom is -0.238 e. The summed E-state index contributed by atoms with van der Waals surface area (Å²) in [5.41, 5.74) is 10.3. The summed E-state index contributed by atoms with van der Waals surface area (Å²) in [6.07, 6.45) is 0. The van der Waals surface area contributed by atoms with Crippen LogP contribution in [0, 0.1) is 6.57 Å². The molecule has 0 saturated carbocycles. The molecule has 1 heterocycles. The van der Waals surface area contributed by atoms with E-state index in [0.29, 0.717) is 23.2 Å². The van der Waals surface area contributed by atoms with E-state index in [1.807, 2.05) is 48.5 Å². The maximum Gasteiger partial charge on any atom is 0.187 e. The highest BCUT2D eigenvalue weighted by Gasteiger charge is 2.35. The molecule has 0 spiro atoms. The molecule has 0 bridgehead atoms. The van der Waals surface area contributed by atoms with Gasteiger partial charge in [0.05, 0.1) is 6.57 Å². The van der Waals surface area contributed by atoms with Crippen LogP contribution in [0.15, 0.2) is 133 Å². The summed E-state index contributed by atoms with van der Waals surface area (Å²) in [7, 11) is 0. The maximum atomic E-state index is 7.53. The number of hydrogen-bond donors (Lipinski definition) is 0. The predicted octanol–water partition coefficient (Wildman–Crippen LogP) is 10.5. The van der Waals surface area contributed by atoms with Crippen LogP contribution in [-0.4, -0.2) is 15.0 Å². The third-order valence-corrected chi connectivity index (χ3v) is 8.94. The molecular weight excluding hydrogens is 548 g/mol. The van der Waals surface area contributed by atoms with E-state index in [4.69, 9.17) is 21.5 Å². The van der Waals surface area contributed by atoms with E-state index in [9.17, 15) is 0 Å². The smallest absolute Gasteiger partial charge is 0.187 e. The molecule has 0 saturated heterocycles. The van der Waals surface area contributed by atoms with E-state index in [2.05, 4.69) is 104 Å². The molecule has 1 aliphatic rings. The molecule has 0 atom stereocenters. The van der Waals surface area contributed by atoms with Gasteiger partial charge in [0, 0.05) is 22.1 Å². The van der Waals surface area contributed by atoms with Crippen molar-refractivity contribution in [3.63, 3.8) is 0 Å².